The lowest BCUT2D eigenvalue weighted by molar-refractivity contribution is -0.130. The third-order valence-electron chi connectivity index (χ3n) is 3.45. The molecule has 0 aliphatic heterocycles. The van der Waals surface area contributed by atoms with Crippen molar-refractivity contribution >= 4 is 5.97 Å². The summed E-state index contributed by atoms with van der Waals surface area (Å²) in [5.41, 5.74) is 1.28. The molecule has 1 aliphatic rings. The van der Waals surface area contributed by atoms with E-state index < -0.39 is 11.6 Å². The lowest BCUT2D eigenvalue weighted by atomic mass is 9.85. The molecule has 0 N–H and O–H groups in total. The topological polar surface area (TPSA) is 56.5 Å². The van der Waals surface area contributed by atoms with Gasteiger partial charge in [0.2, 0.25) is 0 Å². The minimum absolute atomic E-state index is 0.228. The Morgan fingerprint density at radius 2 is 2.20 bits per heavy atom. The zero-order chi connectivity index (χ0) is 14.7. The molecule has 106 valence electrons. The van der Waals surface area contributed by atoms with Gasteiger partial charge < -0.3 is 9.15 Å². The summed E-state index contributed by atoms with van der Waals surface area (Å²) in [5, 5.41) is 0. The molecule has 1 aromatic rings. The average molecular weight is 274 g/mol. The van der Waals surface area contributed by atoms with Crippen molar-refractivity contribution in [2.75, 3.05) is 0 Å². The third-order valence-corrected chi connectivity index (χ3v) is 3.45. The highest BCUT2D eigenvalue weighted by molar-refractivity contribution is 5.90. The van der Waals surface area contributed by atoms with Gasteiger partial charge >= 0.3 is 11.6 Å². The molecule has 4 nitrogen and oxygen atoms in total. The van der Waals surface area contributed by atoms with Gasteiger partial charge in [-0.05, 0) is 39.0 Å². The highest BCUT2D eigenvalue weighted by Crippen LogP contribution is 2.28. The van der Waals surface area contributed by atoms with Crippen molar-refractivity contribution in [3.63, 3.8) is 0 Å². The first-order valence-electron chi connectivity index (χ1n) is 6.64. The van der Waals surface area contributed by atoms with Crippen LogP contribution in [-0.2, 0) is 4.79 Å². The molecule has 1 aromatic heterocycles. The van der Waals surface area contributed by atoms with Crippen LogP contribution in [0.4, 0.5) is 0 Å². The number of esters is 1. The van der Waals surface area contributed by atoms with E-state index >= 15 is 0 Å². The zero-order valence-electron chi connectivity index (χ0n) is 11.8. The molecule has 0 aromatic carbocycles. The van der Waals surface area contributed by atoms with Gasteiger partial charge in [-0.1, -0.05) is 18.2 Å². The van der Waals surface area contributed by atoms with Crippen LogP contribution in [-0.4, -0.2) is 5.97 Å². The first-order chi connectivity index (χ1) is 9.45. The van der Waals surface area contributed by atoms with Gasteiger partial charge in [-0.3, -0.25) is 0 Å². The SMILES string of the molecule is C=C(C)[C@@H]1CC=C(C(=O)Oc2cc(C)oc(=O)c2)CC1. The molecule has 0 fully saturated rings. The molecule has 1 heterocycles. The van der Waals surface area contributed by atoms with Crippen LogP contribution >= 0.6 is 0 Å². The summed E-state index contributed by atoms with van der Waals surface area (Å²) in [4.78, 5) is 23.2. The van der Waals surface area contributed by atoms with Crippen LogP contribution in [0.25, 0.3) is 0 Å². The van der Waals surface area contributed by atoms with E-state index in [4.69, 9.17) is 9.15 Å². The van der Waals surface area contributed by atoms with Crippen molar-refractivity contribution in [3.8, 4) is 5.75 Å². The number of hydrogen-bond acceptors (Lipinski definition) is 4. The van der Waals surface area contributed by atoms with E-state index in [1.165, 1.54) is 12.1 Å². The molecule has 0 bridgehead atoms. The van der Waals surface area contributed by atoms with Gasteiger partial charge in [0.25, 0.3) is 0 Å². The first-order valence-corrected chi connectivity index (χ1v) is 6.64. The second-order valence-corrected chi connectivity index (χ2v) is 5.16. The van der Waals surface area contributed by atoms with Gasteiger partial charge in [-0.2, -0.15) is 0 Å². The smallest absolute Gasteiger partial charge is 0.339 e. The Labute approximate surface area is 117 Å². The van der Waals surface area contributed by atoms with E-state index in [0.717, 1.165) is 18.4 Å². The Kier molecular flexibility index (Phi) is 4.23. The third kappa shape index (κ3) is 3.47. The van der Waals surface area contributed by atoms with Gasteiger partial charge in [0.1, 0.15) is 11.5 Å². The molecule has 20 heavy (non-hydrogen) atoms. The van der Waals surface area contributed by atoms with Crippen LogP contribution in [0.15, 0.2) is 45.1 Å². The Morgan fingerprint density at radius 1 is 1.45 bits per heavy atom. The van der Waals surface area contributed by atoms with Gasteiger partial charge in [0.15, 0.2) is 0 Å². The molecular formula is C16H18O4. The fraction of sp³-hybridized carbons (Fsp3) is 0.375. The van der Waals surface area contributed by atoms with Crippen LogP contribution in [0.2, 0.25) is 0 Å². The van der Waals surface area contributed by atoms with Crippen LogP contribution < -0.4 is 10.4 Å². The van der Waals surface area contributed by atoms with E-state index in [1.54, 1.807) is 6.92 Å². The lowest BCUT2D eigenvalue weighted by Gasteiger charge is -2.21. The number of carbonyl (C=O) groups excluding carboxylic acids is 1. The Bertz CT molecular complexity index is 622. The number of allylic oxidation sites excluding steroid dienone is 2. The fourth-order valence-electron chi connectivity index (χ4n) is 2.27. The summed E-state index contributed by atoms with van der Waals surface area (Å²) in [5.74, 6) is 0.694. The number of carbonyl (C=O) groups is 1. The van der Waals surface area contributed by atoms with E-state index in [9.17, 15) is 9.59 Å². The van der Waals surface area contributed by atoms with Crippen molar-refractivity contribution in [1.29, 1.82) is 0 Å². The average Bonchev–Trinajstić information content (AvgIpc) is 2.37. The number of ether oxygens (including phenoxy) is 1. The predicted octanol–water partition coefficient (Wildman–Crippen LogP) is 3.16. The van der Waals surface area contributed by atoms with E-state index in [-0.39, 0.29) is 5.75 Å². The quantitative estimate of drug-likeness (QED) is 0.627. The highest BCUT2D eigenvalue weighted by atomic mass is 16.5. The van der Waals surface area contributed by atoms with Crippen molar-refractivity contribution in [1.82, 2.24) is 0 Å². The second kappa shape index (κ2) is 5.90. The summed E-state index contributed by atoms with van der Waals surface area (Å²) in [6, 6.07) is 2.70. The van der Waals surface area contributed by atoms with Crippen molar-refractivity contribution in [2.45, 2.75) is 33.1 Å². The van der Waals surface area contributed by atoms with Gasteiger partial charge in [-0.25, -0.2) is 9.59 Å². The van der Waals surface area contributed by atoms with E-state index in [2.05, 4.69) is 6.58 Å². The molecule has 4 heteroatoms. The number of rotatable bonds is 3. The lowest BCUT2D eigenvalue weighted by Crippen LogP contribution is -2.17. The van der Waals surface area contributed by atoms with E-state index in [0.29, 0.717) is 23.7 Å². The molecule has 1 atom stereocenters. The van der Waals surface area contributed by atoms with Crippen molar-refractivity contribution in [3.05, 3.63) is 52.1 Å². The molecular weight excluding hydrogens is 256 g/mol. The Balaban J connectivity index is 2.06. The maximum atomic E-state index is 12.0. The summed E-state index contributed by atoms with van der Waals surface area (Å²) < 4.78 is 10.0. The molecule has 0 amide bonds. The Morgan fingerprint density at radius 3 is 2.75 bits per heavy atom. The predicted molar refractivity (Wildman–Crippen MR) is 75.6 cm³/mol. The summed E-state index contributed by atoms with van der Waals surface area (Å²) >= 11 is 0. The first kappa shape index (κ1) is 14.3. The van der Waals surface area contributed by atoms with Gasteiger partial charge in [0, 0.05) is 11.6 Å². The Hall–Kier alpha value is -2.10. The van der Waals surface area contributed by atoms with Crippen molar-refractivity contribution < 1.29 is 13.9 Å². The largest absolute Gasteiger partial charge is 0.428 e. The van der Waals surface area contributed by atoms with Crippen molar-refractivity contribution in [2.24, 2.45) is 5.92 Å². The maximum absolute atomic E-state index is 12.0. The molecule has 1 aliphatic carbocycles. The molecule has 0 saturated carbocycles. The standard InChI is InChI=1S/C16H18O4/c1-10(2)12-4-6-13(7-5-12)16(18)20-14-8-11(3)19-15(17)9-14/h6,8-9,12H,1,4-5,7H2,2-3H3/t12-/m1/s1. The molecule has 0 radical (unpaired) electrons. The summed E-state index contributed by atoms with van der Waals surface area (Å²) in [6.45, 7) is 7.59. The zero-order valence-corrected chi connectivity index (χ0v) is 11.8. The molecule has 2 rings (SSSR count). The van der Waals surface area contributed by atoms with E-state index in [1.807, 2.05) is 13.0 Å². The second-order valence-electron chi connectivity index (χ2n) is 5.16. The highest BCUT2D eigenvalue weighted by Gasteiger charge is 2.20. The van der Waals surface area contributed by atoms with Crippen LogP contribution in [0.3, 0.4) is 0 Å². The molecule has 0 saturated heterocycles. The summed E-state index contributed by atoms with van der Waals surface area (Å²) in [6.07, 6.45) is 4.31. The number of hydrogen-bond donors (Lipinski definition) is 0. The minimum atomic E-state index is -0.521. The van der Waals surface area contributed by atoms with Gasteiger partial charge in [0.05, 0.1) is 6.07 Å². The fourth-order valence-corrected chi connectivity index (χ4v) is 2.27. The summed E-state index contributed by atoms with van der Waals surface area (Å²) in [7, 11) is 0. The molecule has 0 spiro atoms. The van der Waals surface area contributed by atoms with Crippen LogP contribution in [0.5, 0.6) is 5.75 Å². The van der Waals surface area contributed by atoms with Crippen LogP contribution in [0, 0.1) is 12.8 Å². The number of aryl methyl sites for hydroxylation is 1. The van der Waals surface area contributed by atoms with Crippen LogP contribution in [0.1, 0.15) is 31.9 Å². The minimum Gasteiger partial charge on any atom is -0.428 e. The molecule has 0 unspecified atom stereocenters. The maximum Gasteiger partial charge on any atom is 0.339 e. The van der Waals surface area contributed by atoms with Gasteiger partial charge in [-0.15, -0.1) is 0 Å². The normalized spacial score (nSPS) is 18.3. The monoisotopic (exact) mass is 274 g/mol.